The Morgan fingerprint density at radius 3 is 2.50 bits per heavy atom. The van der Waals surface area contributed by atoms with Crippen molar-refractivity contribution in [2.24, 2.45) is 5.92 Å². The molecule has 0 radical (unpaired) electrons. The standard InChI is InChI=1S/C24H27N7O3/c1-17-25-8-9-30(17)22-7-6-21(26-27-22)28-10-12-29(13-11-28)24(33)18-14-23(32)31(16-18)19-4-3-5-20(15-19)34-2/h3-9,15,18H,10-14,16H2,1-2H3. The first-order valence-corrected chi connectivity index (χ1v) is 11.4. The summed E-state index contributed by atoms with van der Waals surface area (Å²) < 4.78 is 7.14. The summed E-state index contributed by atoms with van der Waals surface area (Å²) in [6.07, 6.45) is 3.82. The number of carbonyl (C=O) groups is 2. The summed E-state index contributed by atoms with van der Waals surface area (Å²) >= 11 is 0. The summed E-state index contributed by atoms with van der Waals surface area (Å²) in [7, 11) is 1.59. The second kappa shape index (κ2) is 9.12. The van der Waals surface area contributed by atoms with E-state index in [1.165, 1.54) is 0 Å². The zero-order chi connectivity index (χ0) is 23.7. The Balaban J connectivity index is 1.18. The number of amides is 2. The molecule has 0 bridgehead atoms. The van der Waals surface area contributed by atoms with Crippen LogP contribution in [-0.2, 0) is 9.59 Å². The van der Waals surface area contributed by atoms with Crippen molar-refractivity contribution in [1.82, 2.24) is 24.6 Å². The van der Waals surface area contributed by atoms with Gasteiger partial charge in [-0.1, -0.05) is 6.07 Å². The average Bonchev–Trinajstić information content (AvgIpc) is 3.49. The molecule has 0 aliphatic carbocycles. The molecule has 1 atom stereocenters. The predicted molar refractivity (Wildman–Crippen MR) is 126 cm³/mol. The second-order valence-corrected chi connectivity index (χ2v) is 8.51. The minimum Gasteiger partial charge on any atom is -0.497 e. The topological polar surface area (TPSA) is 96.7 Å². The maximum atomic E-state index is 13.2. The van der Waals surface area contributed by atoms with Gasteiger partial charge in [0.05, 0.1) is 13.0 Å². The van der Waals surface area contributed by atoms with Crippen molar-refractivity contribution in [2.45, 2.75) is 13.3 Å². The van der Waals surface area contributed by atoms with Gasteiger partial charge in [0.25, 0.3) is 0 Å². The van der Waals surface area contributed by atoms with Crippen LogP contribution in [0.3, 0.4) is 0 Å². The van der Waals surface area contributed by atoms with Crippen molar-refractivity contribution >= 4 is 23.3 Å². The third-order valence-electron chi connectivity index (χ3n) is 6.46. The zero-order valence-electron chi connectivity index (χ0n) is 19.3. The number of carbonyl (C=O) groups excluding carboxylic acids is 2. The van der Waals surface area contributed by atoms with E-state index in [0.717, 1.165) is 23.1 Å². The van der Waals surface area contributed by atoms with Crippen molar-refractivity contribution in [3.05, 3.63) is 54.6 Å². The van der Waals surface area contributed by atoms with Gasteiger partial charge in [-0.05, 0) is 31.2 Å². The van der Waals surface area contributed by atoms with E-state index in [9.17, 15) is 9.59 Å². The molecule has 2 aliphatic heterocycles. The summed E-state index contributed by atoms with van der Waals surface area (Å²) in [6.45, 7) is 4.83. The van der Waals surface area contributed by atoms with Crippen LogP contribution in [0.15, 0.2) is 48.8 Å². The van der Waals surface area contributed by atoms with Crippen molar-refractivity contribution in [1.29, 1.82) is 0 Å². The predicted octanol–water partition coefficient (Wildman–Crippen LogP) is 1.68. The van der Waals surface area contributed by atoms with Gasteiger partial charge in [-0.2, -0.15) is 0 Å². The molecular weight excluding hydrogens is 434 g/mol. The maximum absolute atomic E-state index is 13.2. The molecule has 4 heterocycles. The zero-order valence-corrected chi connectivity index (χ0v) is 19.3. The van der Waals surface area contributed by atoms with Crippen LogP contribution in [0, 0.1) is 12.8 Å². The summed E-state index contributed by atoms with van der Waals surface area (Å²) in [5, 5.41) is 8.71. The summed E-state index contributed by atoms with van der Waals surface area (Å²) in [4.78, 5) is 35.7. The number of aromatic nitrogens is 4. The summed E-state index contributed by atoms with van der Waals surface area (Å²) in [5.74, 6) is 2.72. The molecule has 2 saturated heterocycles. The number of aryl methyl sites for hydroxylation is 1. The van der Waals surface area contributed by atoms with Gasteiger partial charge in [-0.25, -0.2) is 4.98 Å². The van der Waals surface area contributed by atoms with E-state index in [-0.39, 0.29) is 24.2 Å². The number of imidazole rings is 1. The van der Waals surface area contributed by atoms with Crippen LogP contribution in [0.1, 0.15) is 12.2 Å². The Hall–Kier alpha value is -3.95. The highest BCUT2D eigenvalue weighted by atomic mass is 16.5. The van der Waals surface area contributed by atoms with Crippen LogP contribution < -0.4 is 14.5 Å². The van der Waals surface area contributed by atoms with E-state index in [0.29, 0.717) is 38.5 Å². The van der Waals surface area contributed by atoms with Gasteiger partial charge in [0.15, 0.2) is 11.6 Å². The lowest BCUT2D eigenvalue weighted by Crippen LogP contribution is -2.51. The maximum Gasteiger partial charge on any atom is 0.228 e. The van der Waals surface area contributed by atoms with E-state index in [1.54, 1.807) is 18.2 Å². The molecular formula is C24H27N7O3. The number of nitrogens with zero attached hydrogens (tertiary/aromatic N) is 7. The molecule has 10 nitrogen and oxygen atoms in total. The fourth-order valence-electron chi connectivity index (χ4n) is 4.55. The molecule has 2 amide bonds. The van der Waals surface area contributed by atoms with Crippen LogP contribution in [0.5, 0.6) is 5.75 Å². The third-order valence-corrected chi connectivity index (χ3v) is 6.46. The summed E-state index contributed by atoms with van der Waals surface area (Å²) in [6, 6.07) is 11.2. The minimum absolute atomic E-state index is 0.0336. The molecule has 176 valence electrons. The molecule has 0 N–H and O–H groups in total. The molecule has 5 rings (SSSR count). The Morgan fingerprint density at radius 1 is 1.06 bits per heavy atom. The SMILES string of the molecule is COc1cccc(N2CC(C(=O)N3CCN(c4ccc(-n5ccnc5C)nn4)CC3)CC2=O)c1. The van der Waals surface area contributed by atoms with Gasteiger partial charge in [0.2, 0.25) is 11.8 Å². The van der Waals surface area contributed by atoms with Gasteiger partial charge in [-0.3, -0.25) is 14.2 Å². The van der Waals surface area contributed by atoms with Crippen LogP contribution in [0.2, 0.25) is 0 Å². The Bertz CT molecular complexity index is 1190. The number of hydrogen-bond donors (Lipinski definition) is 0. The molecule has 1 unspecified atom stereocenters. The first-order chi connectivity index (χ1) is 16.5. The molecule has 2 aromatic heterocycles. The lowest BCUT2D eigenvalue weighted by Gasteiger charge is -2.36. The third kappa shape index (κ3) is 4.18. The average molecular weight is 462 g/mol. The second-order valence-electron chi connectivity index (χ2n) is 8.51. The lowest BCUT2D eigenvalue weighted by molar-refractivity contribution is -0.136. The van der Waals surface area contributed by atoms with Crippen molar-refractivity contribution in [3.8, 4) is 11.6 Å². The highest BCUT2D eigenvalue weighted by Crippen LogP contribution is 2.29. The summed E-state index contributed by atoms with van der Waals surface area (Å²) in [5.41, 5.74) is 0.761. The van der Waals surface area contributed by atoms with Gasteiger partial charge in [0.1, 0.15) is 11.6 Å². The Labute approximate surface area is 197 Å². The van der Waals surface area contributed by atoms with E-state index < -0.39 is 0 Å². The molecule has 0 saturated carbocycles. The van der Waals surface area contributed by atoms with Crippen molar-refractivity contribution in [2.75, 3.05) is 49.6 Å². The van der Waals surface area contributed by atoms with Gasteiger partial charge < -0.3 is 19.4 Å². The number of piperazine rings is 1. The van der Waals surface area contributed by atoms with Gasteiger partial charge >= 0.3 is 0 Å². The minimum atomic E-state index is -0.331. The Morgan fingerprint density at radius 2 is 1.82 bits per heavy atom. The smallest absolute Gasteiger partial charge is 0.228 e. The number of anilines is 2. The number of benzene rings is 1. The highest BCUT2D eigenvalue weighted by Gasteiger charge is 2.38. The first kappa shape index (κ1) is 21.9. The monoisotopic (exact) mass is 461 g/mol. The van der Waals surface area contributed by atoms with Gasteiger partial charge in [-0.15, -0.1) is 10.2 Å². The molecule has 2 fully saturated rings. The fraction of sp³-hybridized carbons (Fsp3) is 0.375. The molecule has 34 heavy (non-hydrogen) atoms. The highest BCUT2D eigenvalue weighted by molar-refractivity contribution is 6.00. The lowest BCUT2D eigenvalue weighted by atomic mass is 10.1. The Kier molecular flexibility index (Phi) is 5.87. The van der Waals surface area contributed by atoms with E-state index >= 15 is 0 Å². The number of hydrogen-bond acceptors (Lipinski definition) is 7. The fourth-order valence-corrected chi connectivity index (χ4v) is 4.55. The van der Waals surface area contributed by atoms with Crippen molar-refractivity contribution in [3.63, 3.8) is 0 Å². The van der Waals surface area contributed by atoms with Crippen molar-refractivity contribution < 1.29 is 14.3 Å². The number of ether oxygens (including phenoxy) is 1. The normalized spacial score (nSPS) is 18.5. The van der Waals surface area contributed by atoms with E-state index in [4.69, 9.17) is 4.74 Å². The molecule has 3 aromatic rings. The molecule has 0 spiro atoms. The molecule has 10 heteroatoms. The number of rotatable bonds is 5. The van der Waals surface area contributed by atoms with Crippen LogP contribution in [-0.4, -0.2) is 76.3 Å². The molecule has 1 aromatic carbocycles. The quantitative estimate of drug-likeness (QED) is 0.570. The first-order valence-electron chi connectivity index (χ1n) is 11.4. The van der Waals surface area contributed by atoms with Crippen LogP contribution in [0.4, 0.5) is 11.5 Å². The van der Waals surface area contributed by atoms with E-state index in [2.05, 4.69) is 20.1 Å². The number of methoxy groups -OCH3 is 1. The van der Waals surface area contributed by atoms with Crippen LogP contribution in [0.25, 0.3) is 5.82 Å². The largest absolute Gasteiger partial charge is 0.497 e. The van der Waals surface area contributed by atoms with Crippen LogP contribution >= 0.6 is 0 Å². The molecule has 2 aliphatic rings. The van der Waals surface area contributed by atoms with Gasteiger partial charge in [0, 0.05) is 63.3 Å². The van der Waals surface area contributed by atoms with E-state index in [1.807, 2.05) is 59.0 Å².